The lowest BCUT2D eigenvalue weighted by Crippen LogP contribution is -2.52. The highest BCUT2D eigenvalue weighted by Crippen LogP contribution is 2.33. The Morgan fingerprint density at radius 3 is 2.14 bits per heavy atom. The molecule has 0 aromatic heterocycles. The van der Waals surface area contributed by atoms with Gasteiger partial charge in [-0.05, 0) is 66.4 Å². The van der Waals surface area contributed by atoms with E-state index in [9.17, 15) is 22.4 Å². The van der Waals surface area contributed by atoms with Crippen LogP contribution in [0.25, 0.3) is 0 Å². The van der Waals surface area contributed by atoms with Crippen molar-refractivity contribution in [2.75, 3.05) is 31.6 Å². The fourth-order valence-electron chi connectivity index (χ4n) is 4.35. The van der Waals surface area contributed by atoms with Crippen LogP contribution in [0.4, 0.5) is 10.1 Å². The second-order valence-corrected chi connectivity index (χ2v) is 11.9. The lowest BCUT2D eigenvalue weighted by Gasteiger charge is -2.33. The number of hydrogen-bond donors (Lipinski definition) is 1. The number of amides is 2. The maximum absolute atomic E-state index is 14.1. The summed E-state index contributed by atoms with van der Waals surface area (Å²) in [7, 11) is -1.41. The minimum absolute atomic E-state index is 0.0327. The Hall–Kier alpha value is -4.12. The molecule has 2 amide bonds. The van der Waals surface area contributed by atoms with Crippen molar-refractivity contribution in [2.45, 2.75) is 44.7 Å². The Balaban J connectivity index is 2.08. The smallest absolute Gasteiger partial charge is 0.264 e. The number of nitrogens with one attached hydrogen (secondary N) is 1. The Morgan fingerprint density at radius 2 is 1.57 bits per heavy atom. The van der Waals surface area contributed by atoms with E-state index in [-0.39, 0.29) is 41.1 Å². The third-order valence-corrected chi connectivity index (χ3v) is 8.39. The second-order valence-electron chi connectivity index (χ2n) is 10.1. The predicted octanol–water partition coefficient (Wildman–Crippen LogP) is 4.62. The molecule has 42 heavy (non-hydrogen) atoms. The average molecular weight is 600 g/mol. The number of carbonyl (C=O) groups is 2. The summed E-state index contributed by atoms with van der Waals surface area (Å²) in [5.41, 5.74) is 0.741. The molecule has 3 rings (SSSR count). The number of sulfonamides is 1. The summed E-state index contributed by atoms with van der Waals surface area (Å²) in [5.74, 6) is -0.515. The van der Waals surface area contributed by atoms with E-state index < -0.39 is 34.3 Å². The molecule has 0 aliphatic rings. The number of carbonyl (C=O) groups excluding carboxylic acids is 2. The molecular formula is C31H38FN3O6S. The first-order valence-corrected chi connectivity index (χ1v) is 15.1. The third kappa shape index (κ3) is 8.00. The highest BCUT2D eigenvalue weighted by molar-refractivity contribution is 7.92. The highest BCUT2D eigenvalue weighted by Gasteiger charge is 2.34. The standard InChI is InChI=1S/C31H38FN3O6S/c1-6-27(31(37)33-19-22(2)3)34(20-23-11-13-24(32)14-12-23)30(36)21-35(28-9-7-8-10-29(28)41-5)42(38,39)26-17-15-25(40-4)16-18-26/h7-18,22,27H,6,19-21H2,1-5H3,(H,33,37)/t27-/m1/s1. The molecule has 11 heteroatoms. The summed E-state index contributed by atoms with van der Waals surface area (Å²) in [5, 5.41) is 2.88. The molecule has 226 valence electrons. The van der Waals surface area contributed by atoms with Crippen molar-refractivity contribution in [3.05, 3.63) is 84.2 Å². The average Bonchev–Trinajstić information content (AvgIpc) is 2.99. The van der Waals surface area contributed by atoms with Crippen LogP contribution >= 0.6 is 0 Å². The molecule has 9 nitrogen and oxygen atoms in total. The molecule has 0 unspecified atom stereocenters. The summed E-state index contributed by atoms with van der Waals surface area (Å²) < 4.78 is 53.3. The summed E-state index contributed by atoms with van der Waals surface area (Å²) in [6, 6.07) is 17.0. The van der Waals surface area contributed by atoms with Crippen molar-refractivity contribution in [3.63, 3.8) is 0 Å². The van der Waals surface area contributed by atoms with Crippen LogP contribution in [0.5, 0.6) is 11.5 Å². The number of ether oxygens (including phenoxy) is 2. The van der Waals surface area contributed by atoms with Gasteiger partial charge in [0.1, 0.15) is 29.9 Å². The molecule has 0 aliphatic heterocycles. The first-order chi connectivity index (χ1) is 20.0. The van der Waals surface area contributed by atoms with Gasteiger partial charge in [-0.1, -0.05) is 45.0 Å². The summed E-state index contributed by atoms with van der Waals surface area (Å²) >= 11 is 0. The van der Waals surface area contributed by atoms with Crippen LogP contribution in [0.1, 0.15) is 32.8 Å². The molecule has 0 bridgehead atoms. The van der Waals surface area contributed by atoms with Gasteiger partial charge in [0.2, 0.25) is 11.8 Å². The molecule has 1 N–H and O–H groups in total. The van der Waals surface area contributed by atoms with Gasteiger partial charge in [-0.25, -0.2) is 12.8 Å². The van der Waals surface area contributed by atoms with E-state index in [0.29, 0.717) is 17.9 Å². The van der Waals surface area contributed by atoms with Gasteiger partial charge < -0.3 is 19.7 Å². The van der Waals surface area contributed by atoms with Gasteiger partial charge >= 0.3 is 0 Å². The molecule has 1 atom stereocenters. The number of methoxy groups -OCH3 is 2. The van der Waals surface area contributed by atoms with Crippen molar-refractivity contribution in [2.24, 2.45) is 5.92 Å². The Labute approximate surface area is 247 Å². The van der Waals surface area contributed by atoms with Gasteiger partial charge in [-0.3, -0.25) is 13.9 Å². The monoisotopic (exact) mass is 599 g/mol. The van der Waals surface area contributed by atoms with Crippen LogP contribution in [0.2, 0.25) is 0 Å². The number of halogens is 1. The molecule has 0 spiro atoms. The fraction of sp³-hybridized carbons (Fsp3) is 0.355. The minimum Gasteiger partial charge on any atom is -0.497 e. The molecule has 0 radical (unpaired) electrons. The Kier molecular flexibility index (Phi) is 11.3. The third-order valence-electron chi connectivity index (χ3n) is 6.62. The molecule has 0 saturated heterocycles. The van der Waals surface area contributed by atoms with Crippen molar-refractivity contribution in [1.82, 2.24) is 10.2 Å². The van der Waals surface area contributed by atoms with Crippen LogP contribution in [0.3, 0.4) is 0 Å². The van der Waals surface area contributed by atoms with Gasteiger partial charge in [0, 0.05) is 13.1 Å². The van der Waals surface area contributed by atoms with Gasteiger partial charge in [-0.15, -0.1) is 0 Å². The molecular weight excluding hydrogens is 561 g/mol. The Morgan fingerprint density at radius 1 is 0.929 bits per heavy atom. The molecule has 0 heterocycles. The zero-order valence-electron chi connectivity index (χ0n) is 24.5. The van der Waals surface area contributed by atoms with Crippen LogP contribution in [0.15, 0.2) is 77.7 Å². The fourth-order valence-corrected chi connectivity index (χ4v) is 5.78. The first kappa shape index (κ1) is 32.4. The molecule has 3 aromatic rings. The second kappa shape index (κ2) is 14.7. The quantitative estimate of drug-likeness (QED) is 0.290. The number of anilines is 1. The minimum atomic E-state index is -4.29. The molecule has 3 aromatic carbocycles. The summed E-state index contributed by atoms with van der Waals surface area (Å²) in [4.78, 5) is 28.7. The number of hydrogen-bond acceptors (Lipinski definition) is 6. The molecule has 0 aliphatic carbocycles. The van der Waals surface area contributed by atoms with Crippen molar-refractivity contribution < 1.29 is 31.9 Å². The topological polar surface area (TPSA) is 105 Å². The van der Waals surface area contributed by atoms with E-state index in [2.05, 4.69) is 5.32 Å². The normalized spacial score (nSPS) is 12.0. The lowest BCUT2D eigenvalue weighted by atomic mass is 10.1. The Bertz CT molecular complexity index is 1450. The van der Waals surface area contributed by atoms with Crippen molar-refractivity contribution in [3.8, 4) is 11.5 Å². The molecule has 0 saturated carbocycles. The molecule has 0 fully saturated rings. The van der Waals surface area contributed by atoms with E-state index >= 15 is 0 Å². The maximum Gasteiger partial charge on any atom is 0.264 e. The summed E-state index contributed by atoms with van der Waals surface area (Å²) in [6.45, 7) is 5.44. The van der Waals surface area contributed by atoms with Gasteiger partial charge in [0.05, 0.1) is 24.8 Å². The maximum atomic E-state index is 14.1. The zero-order valence-corrected chi connectivity index (χ0v) is 25.4. The number of para-hydroxylation sites is 2. The summed E-state index contributed by atoms with van der Waals surface area (Å²) in [6.07, 6.45) is 0.275. The zero-order chi connectivity index (χ0) is 30.9. The number of benzene rings is 3. The lowest BCUT2D eigenvalue weighted by molar-refractivity contribution is -0.140. The van der Waals surface area contributed by atoms with Crippen LogP contribution in [-0.4, -0.2) is 58.5 Å². The first-order valence-electron chi connectivity index (χ1n) is 13.6. The van der Waals surface area contributed by atoms with Crippen LogP contribution in [-0.2, 0) is 26.2 Å². The van der Waals surface area contributed by atoms with Crippen molar-refractivity contribution >= 4 is 27.5 Å². The number of nitrogens with zero attached hydrogens (tertiary/aromatic N) is 2. The van der Waals surface area contributed by atoms with E-state index in [1.807, 2.05) is 13.8 Å². The highest BCUT2D eigenvalue weighted by atomic mass is 32.2. The van der Waals surface area contributed by atoms with Crippen LogP contribution in [0, 0.1) is 11.7 Å². The largest absolute Gasteiger partial charge is 0.497 e. The SMILES string of the molecule is CC[C@H](C(=O)NCC(C)C)N(Cc1ccc(F)cc1)C(=O)CN(c1ccccc1OC)S(=O)(=O)c1ccc(OC)cc1. The predicted molar refractivity (Wildman–Crippen MR) is 159 cm³/mol. The van der Waals surface area contributed by atoms with Gasteiger partial charge in [0.25, 0.3) is 10.0 Å². The van der Waals surface area contributed by atoms with Gasteiger partial charge in [0.15, 0.2) is 0 Å². The van der Waals surface area contributed by atoms with E-state index in [4.69, 9.17) is 9.47 Å². The number of rotatable bonds is 14. The van der Waals surface area contributed by atoms with Gasteiger partial charge in [-0.2, -0.15) is 0 Å². The van der Waals surface area contributed by atoms with E-state index in [0.717, 1.165) is 4.31 Å². The van der Waals surface area contributed by atoms with Crippen LogP contribution < -0.4 is 19.1 Å². The van der Waals surface area contributed by atoms with E-state index in [1.165, 1.54) is 67.7 Å². The van der Waals surface area contributed by atoms with E-state index in [1.54, 1.807) is 31.2 Å². The van der Waals surface area contributed by atoms with Crippen molar-refractivity contribution in [1.29, 1.82) is 0 Å².